The summed E-state index contributed by atoms with van der Waals surface area (Å²) in [7, 11) is 0. The molecule has 0 aliphatic heterocycles. The van der Waals surface area contributed by atoms with Gasteiger partial charge in [-0.1, -0.05) is 111 Å². The van der Waals surface area contributed by atoms with Gasteiger partial charge in [0.1, 0.15) is 0 Å². The first-order valence-corrected chi connectivity index (χ1v) is 16.6. The first kappa shape index (κ1) is 33.2. The Bertz CT molecular complexity index is 1600. The molecule has 1 unspecified atom stereocenters. The van der Waals surface area contributed by atoms with Gasteiger partial charge in [0.15, 0.2) is 11.6 Å². The van der Waals surface area contributed by atoms with E-state index in [4.69, 9.17) is 10.2 Å². The van der Waals surface area contributed by atoms with E-state index >= 15 is 0 Å². The maximum Gasteiger partial charge on any atom is 0.169 e. The van der Waals surface area contributed by atoms with Crippen molar-refractivity contribution >= 4 is 0 Å². The lowest BCUT2D eigenvalue weighted by Gasteiger charge is -2.37. The quantitative estimate of drug-likeness (QED) is 0.175. The number of para-hydroxylation sites is 1. The fraction of sp³-hybridized carbons (Fsp3) is 0.475. The first-order chi connectivity index (χ1) is 20.9. The summed E-state index contributed by atoms with van der Waals surface area (Å²) in [5.74, 6) is 2.33. The number of rotatable bonds is 11. The Morgan fingerprint density at radius 1 is 0.773 bits per heavy atom. The molecule has 0 saturated carbocycles. The second kappa shape index (κ2) is 13.5. The summed E-state index contributed by atoms with van der Waals surface area (Å²) < 4.78 is 2.34. The molecule has 0 aliphatic carbocycles. The van der Waals surface area contributed by atoms with E-state index in [0.717, 1.165) is 54.9 Å². The lowest BCUT2D eigenvalue weighted by Crippen LogP contribution is -2.28. The lowest BCUT2D eigenvalue weighted by atomic mass is 9.67. The van der Waals surface area contributed by atoms with Crippen LogP contribution in [0.25, 0.3) is 28.5 Å². The smallest absolute Gasteiger partial charge is 0.169 e. The van der Waals surface area contributed by atoms with Crippen LogP contribution in [-0.2, 0) is 5.41 Å². The second-order valence-corrected chi connectivity index (χ2v) is 14.4. The molecule has 0 spiro atoms. The Morgan fingerprint density at radius 3 is 1.91 bits per heavy atom. The van der Waals surface area contributed by atoms with Crippen molar-refractivity contribution in [3.05, 3.63) is 88.5 Å². The largest absolute Gasteiger partial charge is 0.274 e. The Labute approximate surface area is 266 Å². The molecule has 4 heteroatoms. The number of nitriles is 1. The molecule has 1 aromatic heterocycles. The summed E-state index contributed by atoms with van der Waals surface area (Å²) in [6.45, 7) is 22.8. The van der Waals surface area contributed by atoms with Crippen molar-refractivity contribution in [1.82, 2.24) is 14.8 Å². The standard InChI is InChI=1S/C40H52N4/c1-11-22-40(12-2,24-23-39(8,9)10)35-25-30(26-41)20-21-34(35)38-43-42-37(33-17-14-13-16-29(33)7)44(38)36-31(27(3)4)18-15-19-32(36)28(5)6/h13-21,25,27-28H,11-12,22-24H2,1-10H3. The minimum atomic E-state index is -0.0811. The maximum atomic E-state index is 10.1. The number of benzene rings is 3. The Morgan fingerprint density at radius 2 is 1.39 bits per heavy atom. The van der Waals surface area contributed by atoms with Gasteiger partial charge in [0, 0.05) is 11.1 Å². The SMILES string of the molecule is CCCC(CC)(CCC(C)(C)C)c1cc(C#N)ccc1-c1nnc(-c2ccccc2C)n1-c1c(C(C)C)cccc1C(C)C. The lowest BCUT2D eigenvalue weighted by molar-refractivity contribution is 0.268. The number of nitrogens with zero attached hydrogens (tertiary/aromatic N) is 4. The molecule has 0 aliphatic rings. The molecule has 0 saturated heterocycles. The molecule has 0 bridgehead atoms. The zero-order valence-electron chi connectivity index (χ0n) is 28.8. The first-order valence-electron chi connectivity index (χ1n) is 16.6. The molecule has 4 aromatic rings. The monoisotopic (exact) mass is 588 g/mol. The van der Waals surface area contributed by atoms with E-state index in [2.05, 4.69) is 134 Å². The highest BCUT2D eigenvalue weighted by molar-refractivity contribution is 5.73. The third kappa shape index (κ3) is 6.68. The number of hydrogen-bond acceptors (Lipinski definition) is 3. The summed E-state index contributed by atoms with van der Waals surface area (Å²) in [6.07, 6.45) is 5.29. The third-order valence-corrected chi connectivity index (χ3v) is 9.33. The van der Waals surface area contributed by atoms with E-state index in [1.807, 2.05) is 6.07 Å². The van der Waals surface area contributed by atoms with E-state index in [1.54, 1.807) is 0 Å². The average molecular weight is 589 g/mol. The van der Waals surface area contributed by atoms with Gasteiger partial charge in [-0.25, -0.2) is 0 Å². The minimum absolute atomic E-state index is 0.0811. The van der Waals surface area contributed by atoms with Gasteiger partial charge >= 0.3 is 0 Å². The van der Waals surface area contributed by atoms with Gasteiger partial charge in [-0.3, -0.25) is 4.57 Å². The molecule has 3 aromatic carbocycles. The van der Waals surface area contributed by atoms with E-state index in [-0.39, 0.29) is 10.8 Å². The predicted octanol–water partition coefficient (Wildman–Crippen LogP) is 11.3. The summed E-state index contributed by atoms with van der Waals surface area (Å²) >= 11 is 0. The normalized spacial score (nSPS) is 13.3. The van der Waals surface area contributed by atoms with Crippen molar-refractivity contribution in [2.75, 3.05) is 0 Å². The van der Waals surface area contributed by atoms with Gasteiger partial charge in [0.05, 0.1) is 17.3 Å². The Hall–Kier alpha value is -3.71. The summed E-state index contributed by atoms with van der Waals surface area (Å²) in [5.41, 5.74) is 9.12. The van der Waals surface area contributed by atoms with Crippen LogP contribution in [0.2, 0.25) is 0 Å². The number of hydrogen-bond donors (Lipinski definition) is 0. The van der Waals surface area contributed by atoms with Crippen LogP contribution in [0, 0.1) is 23.7 Å². The fourth-order valence-electron chi connectivity index (χ4n) is 6.72. The Kier molecular flexibility index (Phi) is 10.2. The molecular formula is C40H52N4. The van der Waals surface area contributed by atoms with Crippen LogP contribution in [0.4, 0.5) is 0 Å². The van der Waals surface area contributed by atoms with E-state index in [0.29, 0.717) is 17.4 Å². The molecular weight excluding hydrogens is 536 g/mol. The molecule has 232 valence electrons. The van der Waals surface area contributed by atoms with E-state index < -0.39 is 0 Å². The molecule has 0 N–H and O–H groups in total. The summed E-state index contributed by atoms with van der Waals surface area (Å²) in [4.78, 5) is 0. The van der Waals surface area contributed by atoms with Crippen LogP contribution >= 0.6 is 0 Å². The molecule has 4 rings (SSSR count). The van der Waals surface area contributed by atoms with Crippen LogP contribution in [0.3, 0.4) is 0 Å². The molecule has 4 nitrogen and oxygen atoms in total. The van der Waals surface area contributed by atoms with Crippen LogP contribution < -0.4 is 0 Å². The Balaban J connectivity index is 2.16. The number of aryl methyl sites for hydroxylation is 1. The van der Waals surface area contributed by atoms with Crippen molar-refractivity contribution in [3.63, 3.8) is 0 Å². The average Bonchev–Trinajstić information content (AvgIpc) is 3.42. The highest BCUT2D eigenvalue weighted by Gasteiger charge is 2.35. The van der Waals surface area contributed by atoms with Crippen molar-refractivity contribution in [2.24, 2.45) is 5.41 Å². The summed E-state index contributed by atoms with van der Waals surface area (Å²) in [5, 5.41) is 20.1. The second-order valence-electron chi connectivity index (χ2n) is 14.4. The third-order valence-electron chi connectivity index (χ3n) is 9.33. The molecule has 0 amide bonds. The minimum Gasteiger partial charge on any atom is -0.274 e. The zero-order valence-corrected chi connectivity index (χ0v) is 28.8. The molecule has 0 radical (unpaired) electrons. The highest BCUT2D eigenvalue weighted by Crippen LogP contribution is 2.46. The van der Waals surface area contributed by atoms with E-state index in [9.17, 15) is 5.26 Å². The van der Waals surface area contributed by atoms with Gasteiger partial charge in [0.2, 0.25) is 0 Å². The molecule has 0 fully saturated rings. The van der Waals surface area contributed by atoms with Crippen LogP contribution in [0.5, 0.6) is 0 Å². The van der Waals surface area contributed by atoms with Crippen LogP contribution in [0.15, 0.2) is 60.7 Å². The predicted molar refractivity (Wildman–Crippen MR) is 185 cm³/mol. The van der Waals surface area contributed by atoms with Crippen molar-refractivity contribution < 1.29 is 0 Å². The summed E-state index contributed by atoms with van der Waals surface area (Å²) in [6, 6.07) is 23.9. The van der Waals surface area contributed by atoms with Gasteiger partial charge in [0.25, 0.3) is 0 Å². The molecule has 44 heavy (non-hydrogen) atoms. The van der Waals surface area contributed by atoms with Crippen LogP contribution in [-0.4, -0.2) is 14.8 Å². The maximum absolute atomic E-state index is 10.1. The van der Waals surface area contributed by atoms with Gasteiger partial charge < -0.3 is 0 Å². The van der Waals surface area contributed by atoms with Gasteiger partial charge in [-0.15, -0.1) is 10.2 Å². The van der Waals surface area contributed by atoms with E-state index in [1.165, 1.54) is 27.9 Å². The van der Waals surface area contributed by atoms with Gasteiger partial charge in [-0.05, 0) is 95.7 Å². The number of aromatic nitrogens is 3. The van der Waals surface area contributed by atoms with Crippen LogP contribution in [0.1, 0.15) is 134 Å². The highest BCUT2D eigenvalue weighted by atomic mass is 15.3. The fourth-order valence-corrected chi connectivity index (χ4v) is 6.72. The van der Waals surface area contributed by atoms with Gasteiger partial charge in [-0.2, -0.15) is 5.26 Å². The van der Waals surface area contributed by atoms with Crippen molar-refractivity contribution in [2.45, 2.75) is 119 Å². The zero-order chi connectivity index (χ0) is 32.2. The molecule has 1 heterocycles. The topological polar surface area (TPSA) is 54.5 Å². The van der Waals surface area contributed by atoms with Crippen molar-refractivity contribution in [1.29, 1.82) is 5.26 Å². The van der Waals surface area contributed by atoms with Crippen molar-refractivity contribution in [3.8, 4) is 34.5 Å². The molecule has 1 atom stereocenters.